The average molecular weight is 247 g/mol. The van der Waals surface area contributed by atoms with Gasteiger partial charge < -0.3 is 15.5 Å². The van der Waals surface area contributed by atoms with Crippen molar-refractivity contribution in [3.63, 3.8) is 0 Å². The van der Waals surface area contributed by atoms with Crippen LogP contribution in [0.3, 0.4) is 0 Å². The molecule has 0 saturated carbocycles. The van der Waals surface area contributed by atoms with Crippen LogP contribution < -0.4 is 5.73 Å². The first-order chi connectivity index (χ1) is 8.72. The molecule has 1 aliphatic heterocycles. The molecule has 1 aliphatic rings. The molecule has 0 radical (unpaired) electrons. The molecule has 1 aromatic carbocycles. The summed E-state index contributed by atoms with van der Waals surface area (Å²) < 4.78 is 0. The van der Waals surface area contributed by atoms with Gasteiger partial charge in [-0.15, -0.1) is 0 Å². The molecule has 4 heteroatoms. The Bertz CT molecular complexity index is 393. The number of carbonyl (C=O) groups excluding carboxylic acids is 1. The number of carbonyl (C=O) groups is 1. The van der Waals surface area contributed by atoms with Crippen molar-refractivity contribution in [3.05, 3.63) is 35.9 Å². The lowest BCUT2D eigenvalue weighted by molar-refractivity contribution is 0.110. The van der Waals surface area contributed by atoms with E-state index in [9.17, 15) is 4.79 Å². The molecule has 98 valence electrons. The topological polar surface area (TPSA) is 49.6 Å². The van der Waals surface area contributed by atoms with Gasteiger partial charge in [-0.1, -0.05) is 30.3 Å². The molecular formula is C14H21N3O. The van der Waals surface area contributed by atoms with E-state index in [1.165, 1.54) is 5.56 Å². The molecule has 1 unspecified atom stereocenters. The summed E-state index contributed by atoms with van der Waals surface area (Å²) >= 11 is 0. The van der Waals surface area contributed by atoms with Gasteiger partial charge in [0.25, 0.3) is 0 Å². The lowest BCUT2D eigenvalue weighted by Gasteiger charge is -2.38. The molecule has 0 spiro atoms. The summed E-state index contributed by atoms with van der Waals surface area (Å²) in [7, 11) is 0. The third kappa shape index (κ3) is 2.82. The van der Waals surface area contributed by atoms with Crippen LogP contribution >= 0.6 is 0 Å². The molecule has 0 aliphatic carbocycles. The van der Waals surface area contributed by atoms with E-state index >= 15 is 0 Å². The van der Waals surface area contributed by atoms with Crippen LogP contribution in [0.5, 0.6) is 0 Å². The third-order valence-corrected chi connectivity index (χ3v) is 3.43. The molecule has 2 rings (SSSR count). The molecule has 0 aromatic heterocycles. The predicted octanol–water partition coefficient (Wildman–Crippen LogP) is 1.66. The summed E-state index contributed by atoms with van der Waals surface area (Å²) in [4.78, 5) is 16.1. The minimum atomic E-state index is 0.114. The van der Waals surface area contributed by atoms with Gasteiger partial charge in [0.05, 0.1) is 0 Å². The highest BCUT2D eigenvalue weighted by Crippen LogP contribution is 2.15. The number of urea groups is 1. The Labute approximate surface area is 108 Å². The van der Waals surface area contributed by atoms with E-state index in [1.54, 1.807) is 0 Å². The molecule has 0 bridgehead atoms. The summed E-state index contributed by atoms with van der Waals surface area (Å²) in [5.41, 5.74) is 6.82. The smallest absolute Gasteiger partial charge is 0.320 e. The Balaban J connectivity index is 2.03. The molecule has 2 N–H and O–H groups in total. The first-order valence-electron chi connectivity index (χ1n) is 6.52. The Morgan fingerprint density at radius 2 is 2.00 bits per heavy atom. The Kier molecular flexibility index (Phi) is 4.20. The van der Waals surface area contributed by atoms with Crippen LogP contribution in [0.25, 0.3) is 0 Å². The first kappa shape index (κ1) is 12.9. The second-order valence-corrected chi connectivity index (χ2v) is 4.82. The number of rotatable bonds is 4. The van der Waals surface area contributed by atoms with Crippen molar-refractivity contribution in [2.75, 3.05) is 19.6 Å². The van der Waals surface area contributed by atoms with Crippen molar-refractivity contribution in [3.8, 4) is 0 Å². The van der Waals surface area contributed by atoms with Gasteiger partial charge in [-0.2, -0.15) is 0 Å². The zero-order chi connectivity index (χ0) is 13.0. The van der Waals surface area contributed by atoms with Crippen molar-refractivity contribution >= 4 is 6.03 Å². The van der Waals surface area contributed by atoms with Crippen molar-refractivity contribution in [1.29, 1.82) is 0 Å². The average Bonchev–Trinajstić information content (AvgIpc) is 2.41. The number of amides is 2. The lowest BCUT2D eigenvalue weighted by atomic mass is 10.1. The molecule has 18 heavy (non-hydrogen) atoms. The maximum absolute atomic E-state index is 12.3. The fourth-order valence-corrected chi connectivity index (χ4v) is 2.29. The van der Waals surface area contributed by atoms with Crippen LogP contribution in [0.2, 0.25) is 0 Å². The van der Waals surface area contributed by atoms with Crippen molar-refractivity contribution < 1.29 is 4.79 Å². The van der Waals surface area contributed by atoms with E-state index in [0.717, 1.165) is 19.5 Å². The molecule has 1 atom stereocenters. The van der Waals surface area contributed by atoms with Crippen molar-refractivity contribution in [1.82, 2.24) is 9.80 Å². The van der Waals surface area contributed by atoms with Gasteiger partial charge in [-0.25, -0.2) is 4.79 Å². The number of nitrogens with two attached hydrogens (primary N) is 1. The minimum absolute atomic E-state index is 0.114. The van der Waals surface area contributed by atoms with Crippen LogP contribution in [0.4, 0.5) is 4.79 Å². The molecule has 2 amide bonds. The molecule has 4 nitrogen and oxygen atoms in total. The van der Waals surface area contributed by atoms with E-state index in [0.29, 0.717) is 13.1 Å². The summed E-state index contributed by atoms with van der Waals surface area (Å²) in [5, 5.41) is 0. The second kappa shape index (κ2) is 5.87. The first-order valence-corrected chi connectivity index (χ1v) is 6.52. The Hall–Kier alpha value is -1.55. The van der Waals surface area contributed by atoms with Crippen molar-refractivity contribution in [2.45, 2.75) is 25.9 Å². The SMILES string of the molecule is CC(CN)N1CCCN(Cc2ccccc2)C1=O. The van der Waals surface area contributed by atoms with Gasteiger partial charge in [0.15, 0.2) is 0 Å². The van der Waals surface area contributed by atoms with E-state index in [4.69, 9.17) is 5.73 Å². The van der Waals surface area contributed by atoms with Crippen LogP contribution in [0.1, 0.15) is 18.9 Å². The molecule has 1 fully saturated rings. The lowest BCUT2D eigenvalue weighted by Crippen LogP contribution is -2.53. The third-order valence-electron chi connectivity index (χ3n) is 3.43. The van der Waals surface area contributed by atoms with Gasteiger partial charge in [-0.3, -0.25) is 0 Å². The monoisotopic (exact) mass is 247 g/mol. The van der Waals surface area contributed by atoms with E-state index in [1.807, 2.05) is 34.9 Å². The van der Waals surface area contributed by atoms with E-state index in [2.05, 4.69) is 12.1 Å². The quantitative estimate of drug-likeness (QED) is 0.879. The van der Waals surface area contributed by atoms with Gasteiger partial charge in [0, 0.05) is 32.2 Å². The molecule has 1 saturated heterocycles. The minimum Gasteiger partial charge on any atom is -0.328 e. The Morgan fingerprint density at radius 3 is 2.67 bits per heavy atom. The van der Waals surface area contributed by atoms with Crippen LogP contribution in [0.15, 0.2) is 30.3 Å². The summed E-state index contributed by atoms with van der Waals surface area (Å²) in [6.07, 6.45) is 1.02. The molecule has 1 heterocycles. The highest BCUT2D eigenvalue weighted by molar-refractivity contribution is 5.75. The standard InChI is InChI=1S/C14H21N3O/c1-12(10-15)17-9-5-8-16(14(17)18)11-13-6-3-2-4-7-13/h2-4,6-7,12H,5,8-11,15H2,1H3. The second-order valence-electron chi connectivity index (χ2n) is 4.82. The number of benzene rings is 1. The predicted molar refractivity (Wildman–Crippen MR) is 72.1 cm³/mol. The summed E-state index contributed by atoms with van der Waals surface area (Å²) in [6.45, 7) is 4.87. The number of hydrogen-bond acceptors (Lipinski definition) is 2. The van der Waals surface area contributed by atoms with Gasteiger partial charge in [-0.05, 0) is 18.9 Å². The van der Waals surface area contributed by atoms with E-state index in [-0.39, 0.29) is 12.1 Å². The van der Waals surface area contributed by atoms with Crippen LogP contribution in [-0.4, -0.2) is 41.5 Å². The summed E-state index contributed by atoms with van der Waals surface area (Å²) in [6, 6.07) is 10.3. The fraction of sp³-hybridized carbons (Fsp3) is 0.500. The molecule has 1 aromatic rings. The Morgan fingerprint density at radius 1 is 1.28 bits per heavy atom. The maximum Gasteiger partial charge on any atom is 0.320 e. The van der Waals surface area contributed by atoms with Crippen LogP contribution in [0, 0.1) is 0 Å². The van der Waals surface area contributed by atoms with Gasteiger partial charge in [0.1, 0.15) is 0 Å². The highest BCUT2D eigenvalue weighted by atomic mass is 16.2. The van der Waals surface area contributed by atoms with Crippen LogP contribution in [-0.2, 0) is 6.54 Å². The number of nitrogens with zero attached hydrogens (tertiary/aromatic N) is 2. The van der Waals surface area contributed by atoms with Gasteiger partial charge >= 0.3 is 6.03 Å². The van der Waals surface area contributed by atoms with Gasteiger partial charge in [0.2, 0.25) is 0 Å². The summed E-state index contributed by atoms with van der Waals surface area (Å²) in [5.74, 6) is 0. The van der Waals surface area contributed by atoms with E-state index < -0.39 is 0 Å². The number of hydrogen-bond donors (Lipinski definition) is 1. The molecular weight excluding hydrogens is 226 g/mol. The van der Waals surface area contributed by atoms with Crippen molar-refractivity contribution in [2.24, 2.45) is 5.73 Å². The zero-order valence-electron chi connectivity index (χ0n) is 10.9. The zero-order valence-corrected chi connectivity index (χ0v) is 10.9. The largest absolute Gasteiger partial charge is 0.328 e. The normalized spacial score (nSPS) is 18.0. The fourth-order valence-electron chi connectivity index (χ4n) is 2.29. The highest BCUT2D eigenvalue weighted by Gasteiger charge is 2.28. The maximum atomic E-state index is 12.3.